The first-order chi connectivity index (χ1) is 11.4. The van der Waals surface area contributed by atoms with Crippen LogP contribution in [0.5, 0.6) is 0 Å². The second-order valence-electron chi connectivity index (χ2n) is 6.50. The molecule has 0 atom stereocenters. The van der Waals surface area contributed by atoms with Gasteiger partial charge in [-0.25, -0.2) is 0 Å². The molecule has 0 spiro atoms. The monoisotopic (exact) mass is 347 g/mol. The Morgan fingerprint density at radius 3 is 2.62 bits per heavy atom. The summed E-state index contributed by atoms with van der Waals surface area (Å²) in [5.74, 6) is 3.54. The second kappa shape index (κ2) is 6.43. The van der Waals surface area contributed by atoms with Gasteiger partial charge >= 0.3 is 0 Å². The van der Waals surface area contributed by atoms with Crippen molar-refractivity contribution in [3.05, 3.63) is 29.8 Å². The van der Waals surface area contributed by atoms with Crippen molar-refractivity contribution in [3.63, 3.8) is 0 Å². The van der Waals surface area contributed by atoms with Crippen LogP contribution >= 0.6 is 11.8 Å². The lowest BCUT2D eigenvalue weighted by molar-refractivity contribution is 0.319. The van der Waals surface area contributed by atoms with Gasteiger partial charge in [0.05, 0.1) is 17.6 Å². The highest BCUT2D eigenvalue weighted by atomic mass is 32.2. The Hall–Kier alpha value is -2.09. The van der Waals surface area contributed by atoms with Crippen LogP contribution in [0.25, 0.3) is 11.4 Å². The summed E-state index contributed by atoms with van der Waals surface area (Å²) in [4.78, 5) is 4.45. The van der Waals surface area contributed by atoms with Gasteiger partial charge in [0, 0.05) is 12.0 Å². The van der Waals surface area contributed by atoms with Crippen molar-refractivity contribution >= 4 is 11.8 Å². The molecule has 3 aromatic heterocycles. The number of hydrogen-bond acceptors (Lipinski definition) is 7. The first-order valence-corrected chi connectivity index (χ1v) is 8.82. The number of thioether (sulfide) groups is 1. The third kappa shape index (κ3) is 3.24. The summed E-state index contributed by atoms with van der Waals surface area (Å²) in [6.45, 7) is 10.9. The lowest BCUT2D eigenvalue weighted by Gasteiger charge is -2.10. The topological polar surface area (TPSA) is 82.8 Å². The maximum absolute atomic E-state index is 5.37. The summed E-state index contributed by atoms with van der Waals surface area (Å²) in [7, 11) is 0. The fraction of sp³-hybridized carbons (Fsp3) is 0.500. The standard InChI is InChI=1S/C16H21N5O2S/c1-6-21-13(11-7-8-22-10(11)2)18-19-15(21)24-9-12-17-14(23-20-12)16(3,4)5/h7-8H,6,9H2,1-5H3. The molecule has 0 unspecified atom stereocenters. The molecule has 8 heteroatoms. The average molecular weight is 347 g/mol. The van der Waals surface area contributed by atoms with E-state index < -0.39 is 0 Å². The van der Waals surface area contributed by atoms with E-state index in [0.717, 1.165) is 28.8 Å². The first-order valence-electron chi connectivity index (χ1n) is 7.83. The van der Waals surface area contributed by atoms with E-state index in [-0.39, 0.29) is 5.41 Å². The highest BCUT2D eigenvalue weighted by Crippen LogP contribution is 2.28. The van der Waals surface area contributed by atoms with Crippen LogP contribution in [0, 0.1) is 6.92 Å². The zero-order valence-corrected chi connectivity index (χ0v) is 15.3. The van der Waals surface area contributed by atoms with Gasteiger partial charge in [-0.1, -0.05) is 37.7 Å². The number of nitrogens with zero attached hydrogens (tertiary/aromatic N) is 5. The summed E-state index contributed by atoms with van der Waals surface area (Å²) in [5, 5.41) is 13.5. The number of aromatic nitrogens is 5. The fourth-order valence-corrected chi connectivity index (χ4v) is 3.09. The summed E-state index contributed by atoms with van der Waals surface area (Å²) in [6, 6.07) is 1.91. The van der Waals surface area contributed by atoms with Crippen LogP contribution in [0.4, 0.5) is 0 Å². The molecule has 128 valence electrons. The van der Waals surface area contributed by atoms with E-state index in [1.807, 2.05) is 33.8 Å². The summed E-state index contributed by atoms with van der Waals surface area (Å²) in [5.41, 5.74) is 0.816. The molecule has 0 bridgehead atoms. The van der Waals surface area contributed by atoms with Gasteiger partial charge in [-0.05, 0) is 19.9 Å². The smallest absolute Gasteiger partial charge is 0.232 e. The van der Waals surface area contributed by atoms with Crippen molar-refractivity contribution in [3.8, 4) is 11.4 Å². The third-order valence-corrected chi connectivity index (χ3v) is 4.54. The van der Waals surface area contributed by atoms with Crippen molar-refractivity contribution in [1.82, 2.24) is 24.9 Å². The molecule has 0 aromatic carbocycles. The van der Waals surface area contributed by atoms with Gasteiger partial charge in [0.1, 0.15) is 5.76 Å². The average Bonchev–Trinajstić information content (AvgIpc) is 3.22. The quantitative estimate of drug-likeness (QED) is 0.648. The third-order valence-electron chi connectivity index (χ3n) is 3.57. The minimum atomic E-state index is -0.147. The largest absolute Gasteiger partial charge is 0.469 e. The zero-order chi connectivity index (χ0) is 17.3. The predicted molar refractivity (Wildman–Crippen MR) is 90.7 cm³/mol. The maximum Gasteiger partial charge on any atom is 0.232 e. The molecule has 3 heterocycles. The molecule has 0 radical (unpaired) electrons. The lowest BCUT2D eigenvalue weighted by atomic mass is 9.97. The van der Waals surface area contributed by atoms with E-state index in [2.05, 4.69) is 31.8 Å². The molecular weight excluding hydrogens is 326 g/mol. The van der Waals surface area contributed by atoms with Crippen LogP contribution in [0.2, 0.25) is 0 Å². The normalized spacial score (nSPS) is 12.0. The minimum Gasteiger partial charge on any atom is -0.469 e. The maximum atomic E-state index is 5.37. The van der Waals surface area contributed by atoms with Crippen LogP contribution in [-0.4, -0.2) is 24.9 Å². The van der Waals surface area contributed by atoms with Crippen molar-refractivity contribution in [2.24, 2.45) is 0 Å². The first kappa shape index (κ1) is 16.8. The Bertz CT molecular complexity index is 828. The summed E-state index contributed by atoms with van der Waals surface area (Å²) in [6.07, 6.45) is 1.67. The number of rotatable bonds is 5. The van der Waals surface area contributed by atoms with Crippen molar-refractivity contribution < 1.29 is 8.94 Å². The van der Waals surface area contributed by atoms with Crippen LogP contribution < -0.4 is 0 Å². The Balaban J connectivity index is 1.78. The Kier molecular flexibility index (Phi) is 4.49. The Morgan fingerprint density at radius 2 is 2.04 bits per heavy atom. The van der Waals surface area contributed by atoms with Gasteiger partial charge in [-0.2, -0.15) is 4.98 Å². The minimum absolute atomic E-state index is 0.147. The van der Waals surface area contributed by atoms with Gasteiger partial charge < -0.3 is 13.5 Å². The Morgan fingerprint density at radius 1 is 1.25 bits per heavy atom. The molecule has 3 rings (SSSR count). The van der Waals surface area contributed by atoms with Gasteiger partial charge in [0.25, 0.3) is 0 Å². The molecule has 0 N–H and O–H groups in total. The molecule has 0 aliphatic heterocycles. The second-order valence-corrected chi connectivity index (χ2v) is 7.44. The van der Waals surface area contributed by atoms with E-state index in [9.17, 15) is 0 Å². The van der Waals surface area contributed by atoms with Crippen molar-refractivity contribution in [2.45, 2.75) is 57.5 Å². The molecule has 0 saturated carbocycles. The highest BCUT2D eigenvalue weighted by molar-refractivity contribution is 7.98. The van der Waals surface area contributed by atoms with Crippen LogP contribution in [0.1, 0.15) is 45.2 Å². The molecular formula is C16H21N5O2S. The summed E-state index contributed by atoms with van der Waals surface area (Å²) >= 11 is 1.55. The molecule has 0 fully saturated rings. The van der Waals surface area contributed by atoms with Crippen LogP contribution in [-0.2, 0) is 17.7 Å². The molecule has 0 aliphatic rings. The van der Waals surface area contributed by atoms with E-state index in [1.54, 1.807) is 18.0 Å². The number of hydrogen-bond donors (Lipinski definition) is 0. The van der Waals surface area contributed by atoms with E-state index in [1.165, 1.54) is 0 Å². The van der Waals surface area contributed by atoms with E-state index >= 15 is 0 Å². The van der Waals surface area contributed by atoms with Crippen molar-refractivity contribution in [1.29, 1.82) is 0 Å². The molecule has 24 heavy (non-hydrogen) atoms. The van der Waals surface area contributed by atoms with Crippen molar-refractivity contribution in [2.75, 3.05) is 0 Å². The molecule has 3 aromatic rings. The molecule has 0 aliphatic carbocycles. The zero-order valence-electron chi connectivity index (χ0n) is 14.5. The van der Waals surface area contributed by atoms with Gasteiger partial charge in [-0.15, -0.1) is 10.2 Å². The predicted octanol–water partition coefficient (Wildman–Crippen LogP) is 3.84. The van der Waals surface area contributed by atoms with Gasteiger partial charge in [-0.3, -0.25) is 0 Å². The molecule has 7 nitrogen and oxygen atoms in total. The van der Waals surface area contributed by atoms with E-state index in [4.69, 9.17) is 8.94 Å². The fourth-order valence-electron chi connectivity index (χ4n) is 2.24. The summed E-state index contributed by atoms with van der Waals surface area (Å²) < 4.78 is 12.8. The molecule has 0 saturated heterocycles. The van der Waals surface area contributed by atoms with Gasteiger partial charge in [0.2, 0.25) is 5.89 Å². The number of aryl methyl sites for hydroxylation is 1. The SMILES string of the molecule is CCn1c(SCc2noc(C(C)(C)C)n2)nnc1-c1ccoc1C. The lowest BCUT2D eigenvalue weighted by Crippen LogP contribution is -2.11. The molecule has 0 amide bonds. The Labute approximate surface area is 144 Å². The van der Waals surface area contributed by atoms with Crippen LogP contribution in [0.3, 0.4) is 0 Å². The number of furan rings is 1. The van der Waals surface area contributed by atoms with Gasteiger partial charge in [0.15, 0.2) is 16.8 Å². The highest BCUT2D eigenvalue weighted by Gasteiger charge is 2.22. The van der Waals surface area contributed by atoms with Crippen LogP contribution in [0.15, 0.2) is 26.4 Å². The van der Waals surface area contributed by atoms with E-state index in [0.29, 0.717) is 17.5 Å².